The standard InChI is InChI=1S/C28H32Cl2O10/c1-3-25(31)37-15-35-19-9-11-23(21(29)13-19)39-27(33)17-5-7-18(8-6-17)28(34)40-24-12-10-20(14-22(24)30)36-16-38-26(32)4-2/h3-4,9,11,13,17-18,20,22,24H,1-2,5-8,10,12,14-16H2. The summed E-state index contributed by atoms with van der Waals surface area (Å²) in [6.07, 6.45) is 4.97. The Hall–Kier alpha value is -3.08. The summed E-state index contributed by atoms with van der Waals surface area (Å²) >= 11 is 12.7. The van der Waals surface area contributed by atoms with Crippen molar-refractivity contribution in [2.75, 3.05) is 13.6 Å². The first-order valence-corrected chi connectivity index (χ1v) is 13.7. The quantitative estimate of drug-likeness (QED) is 0.0819. The van der Waals surface area contributed by atoms with Gasteiger partial charge in [0.25, 0.3) is 0 Å². The third-order valence-corrected chi connectivity index (χ3v) is 7.46. The van der Waals surface area contributed by atoms with E-state index < -0.39 is 29.4 Å². The molecule has 3 atom stereocenters. The number of alkyl halides is 1. The molecule has 218 valence electrons. The predicted octanol–water partition coefficient (Wildman–Crippen LogP) is 4.89. The lowest BCUT2D eigenvalue weighted by Gasteiger charge is -2.33. The van der Waals surface area contributed by atoms with Gasteiger partial charge in [-0.05, 0) is 57.1 Å². The van der Waals surface area contributed by atoms with Crippen molar-refractivity contribution >= 4 is 47.1 Å². The molecule has 10 nitrogen and oxygen atoms in total. The fourth-order valence-electron chi connectivity index (χ4n) is 4.45. The average Bonchev–Trinajstić information content (AvgIpc) is 2.95. The van der Waals surface area contributed by atoms with E-state index in [2.05, 4.69) is 13.2 Å². The van der Waals surface area contributed by atoms with E-state index in [4.69, 9.17) is 51.6 Å². The predicted molar refractivity (Wildman–Crippen MR) is 144 cm³/mol. The average molecular weight is 599 g/mol. The van der Waals surface area contributed by atoms with Crippen LogP contribution in [0.1, 0.15) is 44.9 Å². The fourth-order valence-corrected chi connectivity index (χ4v) is 5.04. The Morgan fingerprint density at radius 1 is 0.875 bits per heavy atom. The van der Waals surface area contributed by atoms with Gasteiger partial charge >= 0.3 is 23.9 Å². The number of benzene rings is 1. The molecule has 2 saturated carbocycles. The molecule has 0 spiro atoms. The largest absolute Gasteiger partial charge is 0.461 e. The first-order valence-electron chi connectivity index (χ1n) is 12.9. The topological polar surface area (TPSA) is 124 Å². The van der Waals surface area contributed by atoms with Crippen molar-refractivity contribution in [1.29, 1.82) is 0 Å². The van der Waals surface area contributed by atoms with Crippen molar-refractivity contribution in [3.63, 3.8) is 0 Å². The lowest BCUT2D eigenvalue weighted by Crippen LogP contribution is -2.39. The summed E-state index contributed by atoms with van der Waals surface area (Å²) in [4.78, 5) is 47.7. The van der Waals surface area contributed by atoms with Crippen LogP contribution in [-0.2, 0) is 38.1 Å². The van der Waals surface area contributed by atoms with Crippen LogP contribution in [0.25, 0.3) is 0 Å². The first kappa shape index (κ1) is 31.4. The fraction of sp³-hybridized carbons (Fsp3) is 0.500. The molecule has 0 radical (unpaired) electrons. The van der Waals surface area contributed by atoms with Gasteiger partial charge in [-0.1, -0.05) is 24.8 Å². The molecule has 2 aliphatic carbocycles. The normalized spacial score (nSPS) is 24.2. The minimum absolute atomic E-state index is 0.159. The second-order valence-corrected chi connectivity index (χ2v) is 10.3. The molecular formula is C28H32Cl2O10. The summed E-state index contributed by atoms with van der Waals surface area (Å²) in [6, 6.07) is 4.47. The highest BCUT2D eigenvalue weighted by atomic mass is 35.5. The summed E-state index contributed by atoms with van der Waals surface area (Å²) in [6.45, 7) is 6.11. The Morgan fingerprint density at radius 3 is 2.10 bits per heavy atom. The molecule has 3 rings (SSSR count). The lowest BCUT2D eigenvalue weighted by atomic mass is 9.82. The van der Waals surface area contributed by atoms with Gasteiger partial charge in [0.05, 0.1) is 28.3 Å². The van der Waals surface area contributed by atoms with E-state index >= 15 is 0 Å². The highest BCUT2D eigenvalue weighted by Crippen LogP contribution is 2.35. The Balaban J connectivity index is 1.38. The third-order valence-electron chi connectivity index (χ3n) is 6.70. The van der Waals surface area contributed by atoms with Gasteiger partial charge in [-0.2, -0.15) is 0 Å². The number of esters is 4. The van der Waals surface area contributed by atoms with Gasteiger partial charge in [0.15, 0.2) is 6.79 Å². The molecule has 1 aromatic rings. The highest BCUT2D eigenvalue weighted by molar-refractivity contribution is 6.32. The van der Waals surface area contributed by atoms with Crippen LogP contribution >= 0.6 is 23.2 Å². The van der Waals surface area contributed by atoms with E-state index in [-0.39, 0.29) is 48.3 Å². The summed E-state index contributed by atoms with van der Waals surface area (Å²) in [7, 11) is 0. The second-order valence-electron chi connectivity index (χ2n) is 9.37. The molecule has 0 aromatic heterocycles. The van der Waals surface area contributed by atoms with Crippen LogP contribution in [0.15, 0.2) is 43.5 Å². The lowest BCUT2D eigenvalue weighted by molar-refractivity contribution is -0.165. The Bertz CT molecular complexity index is 1080. The van der Waals surface area contributed by atoms with Crippen molar-refractivity contribution in [2.24, 2.45) is 11.8 Å². The summed E-state index contributed by atoms with van der Waals surface area (Å²) in [5.41, 5.74) is 0. The van der Waals surface area contributed by atoms with Crippen LogP contribution in [0.2, 0.25) is 5.02 Å². The number of ether oxygens (including phenoxy) is 6. The van der Waals surface area contributed by atoms with Gasteiger partial charge in [0, 0.05) is 18.2 Å². The molecule has 0 N–H and O–H groups in total. The summed E-state index contributed by atoms with van der Waals surface area (Å²) in [5, 5.41) is -0.264. The minimum Gasteiger partial charge on any atom is -0.461 e. The van der Waals surface area contributed by atoms with Crippen LogP contribution in [-0.4, -0.2) is 55.0 Å². The van der Waals surface area contributed by atoms with Crippen molar-refractivity contribution in [3.8, 4) is 11.5 Å². The van der Waals surface area contributed by atoms with E-state index in [0.29, 0.717) is 50.7 Å². The zero-order chi connectivity index (χ0) is 29.1. The first-order chi connectivity index (χ1) is 19.2. The minimum atomic E-state index is -0.623. The van der Waals surface area contributed by atoms with Crippen LogP contribution in [0.4, 0.5) is 0 Å². The maximum Gasteiger partial charge on any atom is 0.333 e. The van der Waals surface area contributed by atoms with E-state index in [1.165, 1.54) is 18.2 Å². The third kappa shape index (κ3) is 9.53. The highest BCUT2D eigenvalue weighted by Gasteiger charge is 2.36. The SMILES string of the molecule is C=CC(=O)OCOc1ccc(OC(=O)C2CCC(C(=O)OC3CCC(OCOC(=O)C=C)CC3Cl)CC2)c(Cl)c1. The molecule has 2 aliphatic rings. The molecule has 12 heteroatoms. The number of hydrogen-bond acceptors (Lipinski definition) is 10. The van der Waals surface area contributed by atoms with Crippen LogP contribution in [0.5, 0.6) is 11.5 Å². The van der Waals surface area contributed by atoms with E-state index in [0.717, 1.165) is 12.2 Å². The van der Waals surface area contributed by atoms with Gasteiger partial charge in [-0.25, -0.2) is 9.59 Å². The molecule has 0 amide bonds. The van der Waals surface area contributed by atoms with Crippen molar-refractivity contribution < 1.29 is 47.6 Å². The van der Waals surface area contributed by atoms with E-state index in [1.54, 1.807) is 0 Å². The number of carbonyl (C=O) groups is 4. The summed E-state index contributed by atoms with van der Waals surface area (Å²) < 4.78 is 31.6. The monoisotopic (exact) mass is 598 g/mol. The van der Waals surface area contributed by atoms with Crippen LogP contribution in [0, 0.1) is 11.8 Å². The molecule has 1 aromatic carbocycles. The Morgan fingerprint density at radius 2 is 1.50 bits per heavy atom. The van der Waals surface area contributed by atoms with Gasteiger partial charge < -0.3 is 28.4 Å². The Kier molecular flexibility index (Phi) is 12.3. The molecule has 2 fully saturated rings. The van der Waals surface area contributed by atoms with Crippen molar-refractivity contribution in [2.45, 2.75) is 62.5 Å². The van der Waals surface area contributed by atoms with Gasteiger partial charge in [0.2, 0.25) is 6.79 Å². The molecule has 0 saturated heterocycles. The second kappa shape index (κ2) is 15.6. The van der Waals surface area contributed by atoms with E-state index in [9.17, 15) is 19.2 Å². The zero-order valence-electron chi connectivity index (χ0n) is 21.9. The molecule has 0 heterocycles. The number of hydrogen-bond donors (Lipinski definition) is 0. The van der Waals surface area contributed by atoms with Crippen molar-refractivity contribution in [3.05, 3.63) is 48.5 Å². The van der Waals surface area contributed by atoms with Gasteiger partial charge in [0.1, 0.15) is 17.6 Å². The molecule has 40 heavy (non-hydrogen) atoms. The zero-order valence-corrected chi connectivity index (χ0v) is 23.4. The molecule has 3 unspecified atom stereocenters. The van der Waals surface area contributed by atoms with Crippen LogP contribution in [0.3, 0.4) is 0 Å². The summed E-state index contributed by atoms with van der Waals surface area (Å²) in [5.74, 6) is -2.14. The maximum atomic E-state index is 12.8. The Labute approximate surface area is 242 Å². The number of carbonyl (C=O) groups excluding carboxylic acids is 4. The smallest absolute Gasteiger partial charge is 0.333 e. The molecular weight excluding hydrogens is 567 g/mol. The van der Waals surface area contributed by atoms with Gasteiger partial charge in [-0.15, -0.1) is 11.6 Å². The van der Waals surface area contributed by atoms with Crippen molar-refractivity contribution in [1.82, 2.24) is 0 Å². The molecule has 0 bridgehead atoms. The maximum absolute atomic E-state index is 12.8. The van der Waals surface area contributed by atoms with E-state index in [1.807, 2.05) is 0 Å². The molecule has 0 aliphatic heterocycles. The van der Waals surface area contributed by atoms with Crippen LogP contribution < -0.4 is 9.47 Å². The number of halogens is 2. The van der Waals surface area contributed by atoms with Gasteiger partial charge in [-0.3, -0.25) is 9.59 Å². The number of rotatable bonds is 12.